The van der Waals surface area contributed by atoms with Crippen LogP contribution in [0.4, 0.5) is 0 Å². The summed E-state index contributed by atoms with van der Waals surface area (Å²) in [6.07, 6.45) is 4.74. The van der Waals surface area contributed by atoms with Crippen molar-refractivity contribution in [3.8, 4) is 5.75 Å². The molecule has 0 aromatic heterocycles. The van der Waals surface area contributed by atoms with Gasteiger partial charge in [-0.05, 0) is 36.5 Å². The van der Waals surface area contributed by atoms with E-state index in [-0.39, 0.29) is 6.61 Å². The molecule has 1 aliphatic carbocycles. The van der Waals surface area contributed by atoms with Gasteiger partial charge in [-0.2, -0.15) is 0 Å². The highest BCUT2D eigenvalue weighted by Crippen LogP contribution is 2.24. The average molecular weight is 235 g/mol. The number of benzene rings is 1. The van der Waals surface area contributed by atoms with Gasteiger partial charge in [0.1, 0.15) is 5.75 Å². The van der Waals surface area contributed by atoms with Crippen molar-refractivity contribution in [2.45, 2.75) is 38.3 Å². The molecule has 1 saturated carbocycles. The van der Waals surface area contributed by atoms with E-state index in [1.54, 1.807) is 12.1 Å². The highest BCUT2D eigenvalue weighted by molar-refractivity contribution is 5.26. The van der Waals surface area contributed by atoms with Crippen molar-refractivity contribution in [3.63, 3.8) is 0 Å². The minimum Gasteiger partial charge on any atom is -0.508 e. The second kappa shape index (κ2) is 6.03. The first-order valence-electron chi connectivity index (χ1n) is 6.42. The number of hydrogen-bond acceptors (Lipinski definition) is 3. The molecule has 0 saturated heterocycles. The Balaban J connectivity index is 1.88. The van der Waals surface area contributed by atoms with E-state index < -0.39 is 0 Å². The summed E-state index contributed by atoms with van der Waals surface area (Å²) in [7, 11) is 0. The van der Waals surface area contributed by atoms with E-state index in [1.807, 2.05) is 12.1 Å². The number of phenolic OH excluding ortho intramolecular Hbond substituents is 1. The number of aliphatic hydroxyl groups excluding tert-OH is 1. The van der Waals surface area contributed by atoms with Gasteiger partial charge in [-0.1, -0.05) is 25.0 Å². The number of aliphatic hydroxyl groups is 1. The fourth-order valence-electron chi connectivity index (χ4n) is 2.61. The van der Waals surface area contributed by atoms with Crippen LogP contribution in [-0.2, 0) is 6.54 Å². The number of nitrogens with one attached hydrogen (secondary N) is 1. The zero-order chi connectivity index (χ0) is 12.1. The van der Waals surface area contributed by atoms with E-state index in [0.717, 1.165) is 24.9 Å². The molecular formula is C14H21NO2. The molecule has 0 heterocycles. The first-order chi connectivity index (χ1) is 8.29. The largest absolute Gasteiger partial charge is 0.508 e. The van der Waals surface area contributed by atoms with Gasteiger partial charge in [-0.3, -0.25) is 0 Å². The normalized spacial score (nSPS) is 24.8. The lowest BCUT2D eigenvalue weighted by atomic mass is 9.85. The second-order valence-corrected chi connectivity index (χ2v) is 4.88. The molecule has 0 spiro atoms. The molecule has 0 amide bonds. The fourth-order valence-corrected chi connectivity index (χ4v) is 2.61. The van der Waals surface area contributed by atoms with Crippen LogP contribution in [0.5, 0.6) is 5.75 Å². The number of phenols is 1. The zero-order valence-corrected chi connectivity index (χ0v) is 10.1. The lowest BCUT2D eigenvalue weighted by Crippen LogP contribution is -2.39. The Labute approximate surface area is 102 Å². The minimum atomic E-state index is 0.276. The van der Waals surface area contributed by atoms with Crippen LogP contribution in [0.15, 0.2) is 24.3 Å². The summed E-state index contributed by atoms with van der Waals surface area (Å²) in [4.78, 5) is 0. The predicted octanol–water partition coefficient (Wildman–Crippen LogP) is 2.03. The molecule has 3 nitrogen and oxygen atoms in total. The molecule has 2 rings (SSSR count). The van der Waals surface area contributed by atoms with Gasteiger partial charge in [0, 0.05) is 19.2 Å². The van der Waals surface area contributed by atoms with Crippen molar-refractivity contribution in [1.29, 1.82) is 0 Å². The maximum Gasteiger partial charge on any atom is 0.115 e. The van der Waals surface area contributed by atoms with Gasteiger partial charge in [-0.25, -0.2) is 0 Å². The van der Waals surface area contributed by atoms with Crippen LogP contribution >= 0.6 is 0 Å². The summed E-state index contributed by atoms with van der Waals surface area (Å²) in [5.74, 6) is 0.702. The Morgan fingerprint density at radius 1 is 1.24 bits per heavy atom. The van der Waals surface area contributed by atoms with E-state index in [0.29, 0.717) is 17.7 Å². The van der Waals surface area contributed by atoms with Crippen LogP contribution in [0.1, 0.15) is 31.2 Å². The smallest absolute Gasteiger partial charge is 0.115 e. The summed E-state index contributed by atoms with van der Waals surface area (Å²) >= 11 is 0. The van der Waals surface area contributed by atoms with Crippen LogP contribution in [-0.4, -0.2) is 22.9 Å². The first kappa shape index (κ1) is 12.4. The minimum absolute atomic E-state index is 0.276. The van der Waals surface area contributed by atoms with Crippen molar-refractivity contribution < 1.29 is 10.2 Å². The van der Waals surface area contributed by atoms with Gasteiger partial charge in [-0.15, -0.1) is 0 Å². The van der Waals surface area contributed by atoms with Crippen LogP contribution < -0.4 is 5.32 Å². The van der Waals surface area contributed by atoms with Crippen molar-refractivity contribution in [2.75, 3.05) is 6.61 Å². The lowest BCUT2D eigenvalue weighted by Gasteiger charge is -2.31. The molecule has 2 unspecified atom stereocenters. The third kappa shape index (κ3) is 3.45. The molecule has 1 aromatic rings. The molecule has 3 N–H and O–H groups in total. The molecule has 0 aliphatic heterocycles. The fraction of sp³-hybridized carbons (Fsp3) is 0.571. The third-order valence-electron chi connectivity index (χ3n) is 3.62. The van der Waals surface area contributed by atoms with Gasteiger partial charge in [0.25, 0.3) is 0 Å². The summed E-state index contributed by atoms with van der Waals surface area (Å²) in [5.41, 5.74) is 1.09. The number of rotatable bonds is 4. The van der Waals surface area contributed by atoms with Crippen molar-refractivity contribution >= 4 is 0 Å². The van der Waals surface area contributed by atoms with Crippen molar-refractivity contribution in [3.05, 3.63) is 29.8 Å². The Morgan fingerprint density at radius 2 is 2.06 bits per heavy atom. The Kier molecular flexibility index (Phi) is 4.40. The van der Waals surface area contributed by atoms with Crippen LogP contribution in [0.2, 0.25) is 0 Å². The van der Waals surface area contributed by atoms with Crippen LogP contribution in [0.25, 0.3) is 0 Å². The highest BCUT2D eigenvalue weighted by Gasteiger charge is 2.23. The lowest BCUT2D eigenvalue weighted by molar-refractivity contribution is 0.152. The molecule has 1 fully saturated rings. The monoisotopic (exact) mass is 235 g/mol. The molecule has 3 heteroatoms. The second-order valence-electron chi connectivity index (χ2n) is 4.88. The number of aromatic hydroxyl groups is 1. The summed E-state index contributed by atoms with van der Waals surface area (Å²) in [5, 5.41) is 22.2. The van der Waals surface area contributed by atoms with E-state index in [1.165, 1.54) is 12.8 Å². The van der Waals surface area contributed by atoms with E-state index >= 15 is 0 Å². The Hall–Kier alpha value is -1.06. The zero-order valence-electron chi connectivity index (χ0n) is 10.1. The molecule has 0 radical (unpaired) electrons. The van der Waals surface area contributed by atoms with Gasteiger partial charge in [0.05, 0.1) is 0 Å². The quantitative estimate of drug-likeness (QED) is 0.748. The summed E-state index contributed by atoms with van der Waals surface area (Å²) < 4.78 is 0. The molecule has 1 aliphatic rings. The molecule has 0 bridgehead atoms. The van der Waals surface area contributed by atoms with E-state index in [9.17, 15) is 10.2 Å². The topological polar surface area (TPSA) is 52.5 Å². The molecule has 94 valence electrons. The first-order valence-corrected chi connectivity index (χ1v) is 6.42. The van der Waals surface area contributed by atoms with E-state index in [2.05, 4.69) is 5.32 Å². The molecule has 2 atom stereocenters. The van der Waals surface area contributed by atoms with Gasteiger partial charge < -0.3 is 15.5 Å². The standard InChI is InChI=1S/C14H21NO2/c16-10-12-5-1-2-7-14(12)15-9-11-4-3-6-13(17)8-11/h3-4,6,8,12,14-17H,1-2,5,7,9-10H2. The third-order valence-corrected chi connectivity index (χ3v) is 3.62. The molecule has 1 aromatic carbocycles. The van der Waals surface area contributed by atoms with Crippen molar-refractivity contribution in [2.24, 2.45) is 5.92 Å². The van der Waals surface area contributed by atoms with Gasteiger partial charge in [0.2, 0.25) is 0 Å². The highest BCUT2D eigenvalue weighted by atomic mass is 16.3. The Bertz CT molecular complexity index is 354. The SMILES string of the molecule is OCC1CCCCC1NCc1cccc(O)c1. The maximum absolute atomic E-state index is 9.38. The van der Waals surface area contributed by atoms with Crippen LogP contribution in [0, 0.1) is 5.92 Å². The number of hydrogen-bond donors (Lipinski definition) is 3. The van der Waals surface area contributed by atoms with Crippen molar-refractivity contribution in [1.82, 2.24) is 5.32 Å². The maximum atomic E-state index is 9.38. The summed E-state index contributed by atoms with van der Waals surface area (Å²) in [6.45, 7) is 1.03. The van der Waals surface area contributed by atoms with Gasteiger partial charge >= 0.3 is 0 Å². The van der Waals surface area contributed by atoms with Gasteiger partial charge in [0.15, 0.2) is 0 Å². The molecular weight excluding hydrogens is 214 g/mol. The summed E-state index contributed by atoms with van der Waals surface area (Å²) in [6, 6.07) is 7.74. The average Bonchev–Trinajstić information content (AvgIpc) is 2.37. The van der Waals surface area contributed by atoms with E-state index in [4.69, 9.17) is 0 Å². The van der Waals surface area contributed by atoms with Crippen LogP contribution in [0.3, 0.4) is 0 Å². The predicted molar refractivity (Wildman–Crippen MR) is 67.8 cm³/mol. The Morgan fingerprint density at radius 3 is 2.82 bits per heavy atom. The molecule has 17 heavy (non-hydrogen) atoms.